The van der Waals surface area contributed by atoms with Gasteiger partial charge in [-0.2, -0.15) is 0 Å². The van der Waals surface area contributed by atoms with Gasteiger partial charge in [-0.25, -0.2) is 0 Å². The summed E-state index contributed by atoms with van der Waals surface area (Å²) >= 11 is 0. The van der Waals surface area contributed by atoms with Crippen molar-refractivity contribution >= 4 is 0 Å². The predicted octanol–water partition coefficient (Wildman–Crippen LogP) is 9.34. The monoisotopic (exact) mass is 473 g/mol. The summed E-state index contributed by atoms with van der Waals surface area (Å²) in [5, 5.41) is 0. The summed E-state index contributed by atoms with van der Waals surface area (Å²) in [5.41, 5.74) is 12.1. The van der Waals surface area contributed by atoms with Crippen LogP contribution >= 0.6 is 0 Å². The smallest absolute Gasteiger partial charge is 0.0702 e. The van der Waals surface area contributed by atoms with E-state index < -0.39 is 0 Å². The van der Waals surface area contributed by atoms with E-state index in [1.54, 1.807) is 0 Å². The molecule has 1 aromatic heterocycles. The van der Waals surface area contributed by atoms with Gasteiger partial charge < -0.3 is 0 Å². The van der Waals surface area contributed by atoms with Gasteiger partial charge in [0.1, 0.15) is 0 Å². The molecule has 0 fully saturated rings. The predicted molar refractivity (Wildman–Crippen MR) is 155 cm³/mol. The molecule has 0 unspecified atom stereocenters. The van der Waals surface area contributed by atoms with E-state index in [0.717, 1.165) is 17.7 Å². The fraction of sp³-hybridized carbons (Fsp3) is 0.0278. The number of hydrogen-bond donors (Lipinski definition) is 0. The second kappa shape index (κ2) is 10.5. The highest BCUT2D eigenvalue weighted by atomic mass is 14.7. The normalized spacial score (nSPS) is 10.8. The summed E-state index contributed by atoms with van der Waals surface area (Å²) in [6.07, 6.45) is 2.76. The molecule has 0 aliphatic carbocycles. The second-order valence-electron chi connectivity index (χ2n) is 9.28. The lowest BCUT2D eigenvalue weighted by Crippen LogP contribution is -1.92. The molecule has 0 saturated carbocycles. The van der Waals surface area contributed by atoms with E-state index in [-0.39, 0.29) is 0 Å². The van der Waals surface area contributed by atoms with Crippen LogP contribution in [0.1, 0.15) is 11.1 Å². The van der Waals surface area contributed by atoms with Gasteiger partial charge in [0.2, 0.25) is 0 Å². The van der Waals surface area contributed by atoms with Gasteiger partial charge >= 0.3 is 0 Å². The summed E-state index contributed by atoms with van der Waals surface area (Å²) in [4.78, 5) is 4.52. The number of aromatic nitrogens is 1. The third-order valence-electron chi connectivity index (χ3n) is 6.78. The van der Waals surface area contributed by atoms with E-state index in [4.69, 9.17) is 0 Å². The first-order valence-corrected chi connectivity index (χ1v) is 12.7. The third-order valence-corrected chi connectivity index (χ3v) is 6.78. The Kier molecular flexibility index (Phi) is 6.43. The number of rotatable bonds is 6. The Bertz CT molecular complexity index is 1630. The zero-order valence-corrected chi connectivity index (χ0v) is 20.6. The Morgan fingerprint density at radius 3 is 1.62 bits per heavy atom. The fourth-order valence-corrected chi connectivity index (χ4v) is 4.91. The second-order valence-corrected chi connectivity index (χ2v) is 9.28. The van der Waals surface area contributed by atoms with Crippen LogP contribution in [0.3, 0.4) is 0 Å². The molecule has 0 atom stereocenters. The van der Waals surface area contributed by atoms with Crippen molar-refractivity contribution in [3.05, 3.63) is 163 Å². The highest BCUT2D eigenvalue weighted by Crippen LogP contribution is 2.32. The third kappa shape index (κ3) is 5.12. The van der Waals surface area contributed by atoms with Gasteiger partial charge in [-0.05, 0) is 81.3 Å². The summed E-state index contributed by atoms with van der Waals surface area (Å²) in [6.45, 7) is 0. The Labute approximate surface area is 218 Å². The molecule has 1 heteroatoms. The Balaban J connectivity index is 1.34. The van der Waals surface area contributed by atoms with Gasteiger partial charge in [-0.15, -0.1) is 0 Å². The maximum Gasteiger partial charge on any atom is 0.0702 e. The zero-order valence-electron chi connectivity index (χ0n) is 20.6. The van der Waals surface area contributed by atoms with Crippen LogP contribution in [-0.2, 0) is 6.42 Å². The van der Waals surface area contributed by atoms with Gasteiger partial charge in [0.05, 0.1) is 5.69 Å². The Morgan fingerprint density at radius 2 is 0.946 bits per heavy atom. The first kappa shape index (κ1) is 22.7. The average Bonchev–Trinajstić information content (AvgIpc) is 2.99. The summed E-state index contributed by atoms with van der Waals surface area (Å²) in [6, 6.07) is 51.8. The summed E-state index contributed by atoms with van der Waals surface area (Å²) in [7, 11) is 0. The lowest BCUT2D eigenvalue weighted by molar-refractivity contribution is 1.19. The van der Waals surface area contributed by atoms with E-state index in [1.165, 1.54) is 44.5 Å². The number of pyridine rings is 1. The minimum Gasteiger partial charge on any atom is -0.256 e. The summed E-state index contributed by atoms with van der Waals surface area (Å²) in [5.74, 6) is 0. The molecule has 6 aromatic rings. The van der Waals surface area contributed by atoms with Crippen molar-refractivity contribution in [1.82, 2.24) is 4.98 Å². The standard InChI is InChI=1S/C36H27N/c1-2-11-27(12-3-1)23-32-13-4-5-20-35(32)33-18-9-16-30(25-33)28-14-8-15-29(24-28)31-17-10-19-34(26-31)36-21-6-7-22-37-36/h1-22,24-26H,23H2. The van der Waals surface area contributed by atoms with Crippen LogP contribution in [-0.4, -0.2) is 4.98 Å². The molecular formula is C36H27N. The van der Waals surface area contributed by atoms with Gasteiger partial charge in [-0.1, -0.05) is 115 Å². The average molecular weight is 474 g/mol. The Hall–Kier alpha value is -4.75. The van der Waals surface area contributed by atoms with Gasteiger partial charge in [0.15, 0.2) is 0 Å². The molecule has 0 spiro atoms. The molecule has 0 amide bonds. The van der Waals surface area contributed by atoms with Gasteiger partial charge in [0, 0.05) is 11.8 Å². The first-order valence-electron chi connectivity index (χ1n) is 12.7. The maximum absolute atomic E-state index is 4.52. The molecule has 1 nitrogen and oxygen atoms in total. The lowest BCUT2D eigenvalue weighted by Gasteiger charge is -2.12. The summed E-state index contributed by atoms with van der Waals surface area (Å²) < 4.78 is 0. The van der Waals surface area contributed by atoms with Crippen molar-refractivity contribution in [2.45, 2.75) is 6.42 Å². The van der Waals surface area contributed by atoms with E-state index in [2.05, 4.69) is 138 Å². The van der Waals surface area contributed by atoms with E-state index in [1.807, 2.05) is 18.3 Å². The molecule has 0 radical (unpaired) electrons. The van der Waals surface area contributed by atoms with Crippen LogP contribution in [0.25, 0.3) is 44.6 Å². The van der Waals surface area contributed by atoms with Crippen LogP contribution in [0.5, 0.6) is 0 Å². The lowest BCUT2D eigenvalue weighted by atomic mass is 9.92. The molecule has 0 N–H and O–H groups in total. The fourth-order valence-electron chi connectivity index (χ4n) is 4.91. The SMILES string of the molecule is c1ccc(Cc2ccccc2-c2cccc(-c3cccc(-c4cccc(-c5ccccn5)c4)c3)c2)cc1. The maximum atomic E-state index is 4.52. The highest BCUT2D eigenvalue weighted by molar-refractivity contribution is 5.79. The number of hydrogen-bond acceptors (Lipinski definition) is 1. The van der Waals surface area contributed by atoms with Crippen LogP contribution in [0.15, 0.2) is 152 Å². The van der Waals surface area contributed by atoms with E-state index in [0.29, 0.717) is 0 Å². The first-order chi connectivity index (χ1) is 18.3. The van der Waals surface area contributed by atoms with Crippen LogP contribution in [0.2, 0.25) is 0 Å². The van der Waals surface area contributed by atoms with Gasteiger partial charge in [-0.3, -0.25) is 4.98 Å². The molecule has 0 saturated heterocycles. The largest absolute Gasteiger partial charge is 0.256 e. The highest BCUT2D eigenvalue weighted by Gasteiger charge is 2.09. The quantitative estimate of drug-likeness (QED) is 0.235. The number of nitrogens with zero attached hydrogens (tertiary/aromatic N) is 1. The van der Waals surface area contributed by atoms with Gasteiger partial charge in [0.25, 0.3) is 0 Å². The van der Waals surface area contributed by atoms with Crippen molar-refractivity contribution in [2.75, 3.05) is 0 Å². The van der Waals surface area contributed by atoms with Crippen LogP contribution in [0.4, 0.5) is 0 Å². The van der Waals surface area contributed by atoms with Crippen molar-refractivity contribution in [3.8, 4) is 44.6 Å². The molecular weight excluding hydrogens is 446 g/mol. The van der Waals surface area contributed by atoms with Crippen molar-refractivity contribution in [3.63, 3.8) is 0 Å². The van der Waals surface area contributed by atoms with E-state index in [9.17, 15) is 0 Å². The molecule has 6 rings (SSSR count). The minimum absolute atomic E-state index is 0.920. The van der Waals surface area contributed by atoms with E-state index >= 15 is 0 Å². The molecule has 0 bridgehead atoms. The molecule has 1 heterocycles. The molecule has 0 aliphatic heterocycles. The van der Waals surface area contributed by atoms with Crippen LogP contribution in [0, 0.1) is 0 Å². The van der Waals surface area contributed by atoms with Crippen LogP contribution < -0.4 is 0 Å². The molecule has 37 heavy (non-hydrogen) atoms. The zero-order chi connectivity index (χ0) is 24.9. The minimum atomic E-state index is 0.920. The van der Waals surface area contributed by atoms with Crippen molar-refractivity contribution < 1.29 is 0 Å². The number of benzene rings is 5. The van der Waals surface area contributed by atoms with Crippen molar-refractivity contribution in [2.24, 2.45) is 0 Å². The molecule has 0 aliphatic rings. The van der Waals surface area contributed by atoms with Crippen molar-refractivity contribution in [1.29, 1.82) is 0 Å². The topological polar surface area (TPSA) is 12.9 Å². The molecule has 5 aromatic carbocycles. The Morgan fingerprint density at radius 1 is 0.405 bits per heavy atom. The molecule has 176 valence electrons.